The van der Waals surface area contributed by atoms with Gasteiger partial charge in [0.25, 0.3) is 0 Å². The van der Waals surface area contributed by atoms with E-state index in [0.717, 1.165) is 35.4 Å². The van der Waals surface area contributed by atoms with Crippen LogP contribution in [0.4, 0.5) is 5.82 Å². The molecule has 0 atom stereocenters. The molecule has 0 amide bonds. The number of ether oxygens (including phenoxy) is 1. The highest BCUT2D eigenvalue weighted by atomic mass is 16.5. The number of hydrogen-bond donors (Lipinski definition) is 0. The van der Waals surface area contributed by atoms with Gasteiger partial charge < -0.3 is 9.64 Å². The largest absolute Gasteiger partial charge is 0.494 e. The van der Waals surface area contributed by atoms with E-state index in [2.05, 4.69) is 41.0 Å². The maximum Gasteiger partial charge on any atom is 0.139 e. The van der Waals surface area contributed by atoms with Crippen LogP contribution in [0.5, 0.6) is 5.75 Å². The van der Waals surface area contributed by atoms with Crippen molar-refractivity contribution in [3.05, 3.63) is 60.4 Å². The molecule has 4 heteroatoms. The van der Waals surface area contributed by atoms with Gasteiger partial charge in [0.1, 0.15) is 17.9 Å². The maximum atomic E-state index is 5.74. The molecule has 0 aliphatic rings. The number of benzene rings is 2. The lowest BCUT2D eigenvalue weighted by Crippen LogP contribution is -2.21. The smallest absolute Gasteiger partial charge is 0.139 e. The molecule has 23 heavy (non-hydrogen) atoms. The van der Waals surface area contributed by atoms with Gasteiger partial charge in [0, 0.05) is 19.0 Å². The lowest BCUT2D eigenvalue weighted by atomic mass is 10.1. The Kier molecular flexibility index (Phi) is 4.71. The van der Waals surface area contributed by atoms with Crippen molar-refractivity contribution in [3.63, 3.8) is 0 Å². The van der Waals surface area contributed by atoms with Gasteiger partial charge in [-0.15, -0.1) is 0 Å². The number of para-hydroxylation sites is 1. The average molecular weight is 307 g/mol. The van der Waals surface area contributed by atoms with E-state index in [9.17, 15) is 0 Å². The second-order valence-corrected chi connectivity index (χ2v) is 5.65. The molecular weight excluding hydrogens is 286 g/mol. The summed E-state index contributed by atoms with van der Waals surface area (Å²) in [5, 5.41) is 1.10. The zero-order valence-electron chi connectivity index (χ0n) is 13.6. The Morgan fingerprint density at radius 1 is 1.04 bits per heavy atom. The summed E-state index contributed by atoms with van der Waals surface area (Å²) in [7, 11) is 2.06. The molecule has 0 aliphatic heterocycles. The van der Waals surface area contributed by atoms with Gasteiger partial charge in [0.15, 0.2) is 0 Å². The first-order valence-corrected chi connectivity index (χ1v) is 7.84. The quantitative estimate of drug-likeness (QED) is 0.648. The van der Waals surface area contributed by atoms with E-state index in [-0.39, 0.29) is 0 Å². The number of rotatable bonds is 6. The van der Waals surface area contributed by atoms with Crippen LogP contribution in [0.2, 0.25) is 0 Å². The second-order valence-electron chi connectivity index (χ2n) is 5.65. The third-order valence-corrected chi connectivity index (χ3v) is 3.78. The van der Waals surface area contributed by atoms with Crippen LogP contribution in [0, 0.1) is 6.92 Å². The van der Waals surface area contributed by atoms with Crippen molar-refractivity contribution < 1.29 is 4.74 Å². The van der Waals surface area contributed by atoms with Gasteiger partial charge in [-0.05, 0) is 37.6 Å². The molecule has 0 saturated carbocycles. The topological polar surface area (TPSA) is 38.2 Å². The molecule has 1 aromatic heterocycles. The molecule has 0 spiro atoms. The molecule has 0 N–H and O–H groups in total. The summed E-state index contributed by atoms with van der Waals surface area (Å²) in [6.07, 6.45) is 2.56. The zero-order valence-corrected chi connectivity index (χ0v) is 13.6. The SMILES string of the molecule is Cc1ccc2ncnc(N(C)CCCOc3ccccc3)c2c1. The van der Waals surface area contributed by atoms with Crippen molar-refractivity contribution in [3.8, 4) is 5.75 Å². The van der Waals surface area contributed by atoms with Crippen LogP contribution < -0.4 is 9.64 Å². The minimum Gasteiger partial charge on any atom is -0.494 e. The molecule has 3 aromatic rings. The summed E-state index contributed by atoms with van der Waals surface area (Å²) >= 11 is 0. The van der Waals surface area contributed by atoms with E-state index >= 15 is 0 Å². The van der Waals surface area contributed by atoms with E-state index in [1.165, 1.54) is 5.56 Å². The fourth-order valence-electron chi connectivity index (χ4n) is 2.58. The number of fused-ring (bicyclic) bond motifs is 1. The number of anilines is 1. The summed E-state index contributed by atoms with van der Waals surface area (Å²) in [5.41, 5.74) is 2.20. The van der Waals surface area contributed by atoms with Crippen LogP contribution in [-0.4, -0.2) is 30.2 Å². The molecule has 0 radical (unpaired) electrons. The molecule has 3 rings (SSSR count). The molecule has 2 aromatic carbocycles. The average Bonchev–Trinajstić information content (AvgIpc) is 2.59. The normalized spacial score (nSPS) is 10.7. The number of aryl methyl sites for hydroxylation is 1. The zero-order chi connectivity index (χ0) is 16.1. The number of aromatic nitrogens is 2. The molecule has 118 valence electrons. The summed E-state index contributed by atoms with van der Waals surface area (Å²) in [4.78, 5) is 11.0. The molecule has 0 fully saturated rings. The van der Waals surface area contributed by atoms with Crippen LogP contribution in [0.15, 0.2) is 54.9 Å². The van der Waals surface area contributed by atoms with Crippen molar-refractivity contribution in [1.82, 2.24) is 9.97 Å². The molecule has 4 nitrogen and oxygen atoms in total. The predicted molar refractivity (Wildman–Crippen MR) is 94.1 cm³/mol. The fraction of sp³-hybridized carbons (Fsp3) is 0.263. The summed E-state index contributed by atoms with van der Waals surface area (Å²) < 4.78 is 5.74. The molecule has 0 bridgehead atoms. The lowest BCUT2D eigenvalue weighted by Gasteiger charge is -2.19. The van der Waals surface area contributed by atoms with Gasteiger partial charge in [0.05, 0.1) is 12.1 Å². The van der Waals surface area contributed by atoms with Crippen LogP contribution >= 0.6 is 0 Å². The first-order valence-electron chi connectivity index (χ1n) is 7.84. The Morgan fingerprint density at radius 2 is 1.87 bits per heavy atom. The summed E-state index contributed by atoms with van der Waals surface area (Å²) in [5.74, 6) is 1.89. The van der Waals surface area contributed by atoms with Crippen molar-refractivity contribution in [2.75, 3.05) is 25.1 Å². The molecule has 1 heterocycles. The predicted octanol–water partition coefficient (Wildman–Crippen LogP) is 3.84. The third kappa shape index (κ3) is 3.77. The second kappa shape index (κ2) is 7.09. The van der Waals surface area contributed by atoms with Gasteiger partial charge >= 0.3 is 0 Å². The van der Waals surface area contributed by atoms with E-state index < -0.39 is 0 Å². The summed E-state index contributed by atoms with van der Waals surface area (Å²) in [6, 6.07) is 16.2. The Labute approximate surface area is 136 Å². The van der Waals surface area contributed by atoms with Crippen molar-refractivity contribution >= 4 is 16.7 Å². The van der Waals surface area contributed by atoms with Crippen LogP contribution in [0.1, 0.15) is 12.0 Å². The highest BCUT2D eigenvalue weighted by Crippen LogP contribution is 2.23. The lowest BCUT2D eigenvalue weighted by molar-refractivity contribution is 0.312. The number of nitrogens with zero attached hydrogens (tertiary/aromatic N) is 3. The van der Waals surface area contributed by atoms with E-state index in [1.807, 2.05) is 36.4 Å². The van der Waals surface area contributed by atoms with Crippen LogP contribution in [0.25, 0.3) is 10.9 Å². The Bertz CT molecular complexity index is 774. The molecule has 0 unspecified atom stereocenters. The maximum absolute atomic E-state index is 5.74. The van der Waals surface area contributed by atoms with Crippen LogP contribution in [0.3, 0.4) is 0 Å². The first kappa shape index (κ1) is 15.3. The fourth-order valence-corrected chi connectivity index (χ4v) is 2.58. The highest BCUT2D eigenvalue weighted by Gasteiger charge is 2.08. The first-order chi connectivity index (χ1) is 11.2. The van der Waals surface area contributed by atoms with Gasteiger partial charge in [-0.3, -0.25) is 0 Å². The summed E-state index contributed by atoms with van der Waals surface area (Å²) in [6.45, 7) is 3.66. The minimum atomic E-state index is 0.691. The van der Waals surface area contributed by atoms with Gasteiger partial charge in [-0.1, -0.05) is 29.8 Å². The van der Waals surface area contributed by atoms with E-state index in [0.29, 0.717) is 6.61 Å². The van der Waals surface area contributed by atoms with E-state index in [1.54, 1.807) is 6.33 Å². The number of hydrogen-bond acceptors (Lipinski definition) is 4. The Morgan fingerprint density at radius 3 is 2.70 bits per heavy atom. The Hall–Kier alpha value is -2.62. The highest BCUT2D eigenvalue weighted by molar-refractivity contribution is 5.89. The molecular formula is C19H21N3O. The van der Waals surface area contributed by atoms with E-state index in [4.69, 9.17) is 4.74 Å². The van der Waals surface area contributed by atoms with Crippen molar-refractivity contribution in [2.45, 2.75) is 13.3 Å². The molecule has 0 saturated heterocycles. The Balaban J connectivity index is 1.62. The van der Waals surface area contributed by atoms with Crippen molar-refractivity contribution in [2.24, 2.45) is 0 Å². The van der Waals surface area contributed by atoms with Gasteiger partial charge in [-0.25, -0.2) is 9.97 Å². The minimum absolute atomic E-state index is 0.691. The molecule has 0 aliphatic carbocycles. The van der Waals surface area contributed by atoms with Gasteiger partial charge in [-0.2, -0.15) is 0 Å². The monoisotopic (exact) mass is 307 g/mol. The third-order valence-electron chi connectivity index (χ3n) is 3.78. The standard InChI is InChI=1S/C19H21N3O/c1-15-9-10-18-17(13-15)19(21-14-20-18)22(2)11-6-12-23-16-7-4-3-5-8-16/h3-5,7-10,13-14H,6,11-12H2,1-2H3. The van der Waals surface area contributed by atoms with Crippen molar-refractivity contribution in [1.29, 1.82) is 0 Å². The van der Waals surface area contributed by atoms with Crippen LogP contribution in [-0.2, 0) is 0 Å². The van der Waals surface area contributed by atoms with Gasteiger partial charge in [0.2, 0.25) is 0 Å².